The Morgan fingerprint density at radius 3 is 3.00 bits per heavy atom. The molecule has 4 heteroatoms. The highest BCUT2D eigenvalue weighted by atomic mass is 79.9. The molecule has 3 nitrogen and oxygen atoms in total. The van der Waals surface area contributed by atoms with E-state index in [1.165, 1.54) is 12.0 Å². The molecule has 0 bridgehead atoms. The summed E-state index contributed by atoms with van der Waals surface area (Å²) in [5.74, 6) is 0.662. The molecule has 1 aromatic heterocycles. The van der Waals surface area contributed by atoms with E-state index in [4.69, 9.17) is 5.73 Å². The van der Waals surface area contributed by atoms with E-state index in [1.807, 2.05) is 12.4 Å². The lowest BCUT2D eigenvalue weighted by Crippen LogP contribution is -2.27. The van der Waals surface area contributed by atoms with Gasteiger partial charge in [-0.3, -0.25) is 9.88 Å². The van der Waals surface area contributed by atoms with E-state index in [1.54, 1.807) is 0 Å². The Balaban J connectivity index is 2.00. The molecule has 0 amide bonds. The zero-order valence-corrected chi connectivity index (χ0v) is 11.2. The number of likely N-dealkylation sites (tertiary alicyclic amines) is 1. The van der Waals surface area contributed by atoms with Gasteiger partial charge in [0.2, 0.25) is 0 Å². The van der Waals surface area contributed by atoms with Gasteiger partial charge in [-0.1, -0.05) is 0 Å². The molecule has 2 N–H and O–H groups in total. The molecule has 0 saturated carbocycles. The minimum absolute atomic E-state index is 0.632. The van der Waals surface area contributed by atoms with Crippen molar-refractivity contribution in [2.24, 2.45) is 11.7 Å². The Morgan fingerprint density at radius 2 is 2.38 bits per heavy atom. The zero-order valence-electron chi connectivity index (χ0n) is 9.56. The molecule has 1 saturated heterocycles. The Kier molecular flexibility index (Phi) is 3.95. The highest BCUT2D eigenvalue weighted by Gasteiger charge is 2.27. The smallest absolute Gasteiger partial charge is 0.0410 e. The molecule has 88 valence electrons. The summed E-state index contributed by atoms with van der Waals surface area (Å²) in [7, 11) is 0. The van der Waals surface area contributed by atoms with Crippen LogP contribution in [0.5, 0.6) is 0 Å². The van der Waals surface area contributed by atoms with Crippen LogP contribution < -0.4 is 5.73 Å². The Hall–Kier alpha value is -0.450. The summed E-state index contributed by atoms with van der Waals surface area (Å²) < 4.78 is 1.05. The quantitative estimate of drug-likeness (QED) is 0.923. The van der Waals surface area contributed by atoms with Crippen LogP contribution >= 0.6 is 15.9 Å². The molecule has 2 atom stereocenters. The van der Waals surface area contributed by atoms with Gasteiger partial charge in [0.15, 0.2) is 0 Å². The molecule has 0 spiro atoms. The highest BCUT2D eigenvalue weighted by Crippen LogP contribution is 2.24. The molecule has 1 fully saturated rings. The van der Waals surface area contributed by atoms with E-state index >= 15 is 0 Å². The molecule has 1 aliphatic rings. The van der Waals surface area contributed by atoms with Gasteiger partial charge in [-0.2, -0.15) is 0 Å². The highest BCUT2D eigenvalue weighted by molar-refractivity contribution is 9.10. The SMILES string of the molecule is CC1CC(CN)CN1Cc1cncc(Br)c1. The van der Waals surface area contributed by atoms with Crippen molar-refractivity contribution in [3.05, 3.63) is 28.5 Å². The number of aromatic nitrogens is 1. The average Bonchev–Trinajstić information content (AvgIpc) is 2.60. The van der Waals surface area contributed by atoms with Crippen molar-refractivity contribution in [3.63, 3.8) is 0 Å². The summed E-state index contributed by atoms with van der Waals surface area (Å²) in [5.41, 5.74) is 6.99. The van der Waals surface area contributed by atoms with Gasteiger partial charge < -0.3 is 5.73 Å². The number of hydrogen-bond donors (Lipinski definition) is 1. The Morgan fingerprint density at radius 1 is 1.56 bits per heavy atom. The molecular formula is C12H18BrN3. The molecule has 2 rings (SSSR count). The van der Waals surface area contributed by atoms with Gasteiger partial charge in [0.05, 0.1) is 0 Å². The summed E-state index contributed by atoms with van der Waals surface area (Å²) in [6.07, 6.45) is 4.98. The van der Waals surface area contributed by atoms with E-state index in [-0.39, 0.29) is 0 Å². The summed E-state index contributed by atoms with van der Waals surface area (Å²) in [6, 6.07) is 2.77. The molecule has 0 aromatic carbocycles. The van der Waals surface area contributed by atoms with Crippen molar-refractivity contribution >= 4 is 15.9 Å². The number of nitrogens with zero attached hydrogens (tertiary/aromatic N) is 2. The average molecular weight is 284 g/mol. The number of halogens is 1. The van der Waals surface area contributed by atoms with Crippen LogP contribution in [0.4, 0.5) is 0 Å². The van der Waals surface area contributed by atoms with Crippen LogP contribution in [0.2, 0.25) is 0 Å². The minimum atomic E-state index is 0.632. The lowest BCUT2D eigenvalue weighted by molar-refractivity contribution is 0.255. The van der Waals surface area contributed by atoms with Crippen LogP contribution in [0.3, 0.4) is 0 Å². The normalized spacial score (nSPS) is 26.2. The second kappa shape index (κ2) is 5.25. The molecule has 0 aliphatic carbocycles. The van der Waals surface area contributed by atoms with Crippen molar-refractivity contribution in [2.75, 3.05) is 13.1 Å². The molecular weight excluding hydrogens is 266 g/mol. The largest absolute Gasteiger partial charge is 0.330 e. The number of pyridine rings is 1. The van der Waals surface area contributed by atoms with Crippen LogP contribution in [0.25, 0.3) is 0 Å². The van der Waals surface area contributed by atoms with Crippen LogP contribution in [-0.2, 0) is 6.54 Å². The van der Waals surface area contributed by atoms with Crippen LogP contribution in [0.15, 0.2) is 22.9 Å². The van der Waals surface area contributed by atoms with Crippen molar-refractivity contribution in [1.82, 2.24) is 9.88 Å². The summed E-state index contributed by atoms with van der Waals surface area (Å²) in [4.78, 5) is 6.68. The molecule has 16 heavy (non-hydrogen) atoms. The van der Waals surface area contributed by atoms with Crippen molar-refractivity contribution in [1.29, 1.82) is 0 Å². The monoisotopic (exact) mass is 283 g/mol. The third kappa shape index (κ3) is 2.81. The first-order chi connectivity index (χ1) is 7.69. The van der Waals surface area contributed by atoms with Crippen molar-refractivity contribution < 1.29 is 0 Å². The summed E-state index contributed by atoms with van der Waals surface area (Å²) in [6.45, 7) is 5.17. The predicted molar refractivity (Wildman–Crippen MR) is 69.0 cm³/mol. The molecule has 2 unspecified atom stereocenters. The number of hydrogen-bond acceptors (Lipinski definition) is 3. The summed E-state index contributed by atoms with van der Waals surface area (Å²) in [5, 5.41) is 0. The standard InChI is InChI=1S/C12H18BrN3/c1-9-2-10(4-14)7-16(9)8-11-3-12(13)6-15-5-11/h3,5-6,9-10H,2,4,7-8,14H2,1H3. The van der Waals surface area contributed by atoms with Gasteiger partial charge >= 0.3 is 0 Å². The first-order valence-corrected chi connectivity index (χ1v) is 6.52. The van der Waals surface area contributed by atoms with E-state index in [9.17, 15) is 0 Å². The fourth-order valence-corrected chi connectivity index (χ4v) is 2.80. The predicted octanol–water partition coefficient (Wildman–Crippen LogP) is 2.01. The first-order valence-electron chi connectivity index (χ1n) is 5.72. The molecule has 1 aliphatic heterocycles. The zero-order chi connectivity index (χ0) is 11.5. The lowest BCUT2D eigenvalue weighted by atomic mass is 10.1. The van der Waals surface area contributed by atoms with E-state index in [0.29, 0.717) is 12.0 Å². The van der Waals surface area contributed by atoms with E-state index < -0.39 is 0 Å². The Labute approximate surface area is 105 Å². The maximum atomic E-state index is 5.73. The molecule has 2 heterocycles. The second-order valence-corrected chi connectivity index (χ2v) is 5.54. The first kappa shape index (κ1) is 12.0. The van der Waals surface area contributed by atoms with Gasteiger partial charge in [-0.15, -0.1) is 0 Å². The fraction of sp³-hybridized carbons (Fsp3) is 0.583. The maximum absolute atomic E-state index is 5.73. The van der Waals surface area contributed by atoms with Gasteiger partial charge in [-0.25, -0.2) is 0 Å². The Bertz CT molecular complexity index is 356. The van der Waals surface area contributed by atoms with Gasteiger partial charge in [0.25, 0.3) is 0 Å². The molecule has 1 aromatic rings. The molecule has 0 radical (unpaired) electrons. The second-order valence-electron chi connectivity index (χ2n) is 4.63. The third-order valence-electron chi connectivity index (χ3n) is 3.27. The van der Waals surface area contributed by atoms with Gasteiger partial charge in [0, 0.05) is 36.0 Å². The summed E-state index contributed by atoms with van der Waals surface area (Å²) >= 11 is 3.45. The van der Waals surface area contributed by atoms with Crippen molar-refractivity contribution in [3.8, 4) is 0 Å². The fourth-order valence-electron chi connectivity index (χ4n) is 2.39. The number of nitrogens with two attached hydrogens (primary N) is 1. The third-order valence-corrected chi connectivity index (χ3v) is 3.70. The van der Waals surface area contributed by atoms with Crippen LogP contribution in [-0.4, -0.2) is 29.0 Å². The van der Waals surface area contributed by atoms with Crippen LogP contribution in [0, 0.1) is 5.92 Å². The lowest BCUT2D eigenvalue weighted by Gasteiger charge is -2.20. The van der Waals surface area contributed by atoms with Gasteiger partial charge in [0.1, 0.15) is 0 Å². The topological polar surface area (TPSA) is 42.1 Å². The number of rotatable bonds is 3. The van der Waals surface area contributed by atoms with Gasteiger partial charge in [-0.05, 0) is 53.4 Å². The van der Waals surface area contributed by atoms with Crippen molar-refractivity contribution in [2.45, 2.75) is 25.9 Å². The maximum Gasteiger partial charge on any atom is 0.0410 e. The van der Waals surface area contributed by atoms with Crippen LogP contribution in [0.1, 0.15) is 18.9 Å². The van der Waals surface area contributed by atoms with E-state index in [2.05, 4.69) is 38.8 Å². The minimum Gasteiger partial charge on any atom is -0.330 e. The van der Waals surface area contributed by atoms with E-state index in [0.717, 1.165) is 24.1 Å².